The summed E-state index contributed by atoms with van der Waals surface area (Å²) in [6.07, 6.45) is 2.24. The summed E-state index contributed by atoms with van der Waals surface area (Å²) in [7, 11) is 1.23. The molecule has 0 radical (unpaired) electrons. The van der Waals surface area contributed by atoms with Crippen molar-refractivity contribution in [2.75, 3.05) is 13.7 Å². The number of urea groups is 1. The quantitative estimate of drug-likeness (QED) is 0.325. The van der Waals surface area contributed by atoms with E-state index in [1.165, 1.54) is 25.3 Å². The van der Waals surface area contributed by atoms with Crippen LogP contribution in [0.4, 0.5) is 4.79 Å². The van der Waals surface area contributed by atoms with E-state index < -0.39 is 17.9 Å². The molecule has 1 aliphatic rings. The molecule has 0 spiro atoms. The van der Waals surface area contributed by atoms with Gasteiger partial charge in [0, 0.05) is 0 Å². The Morgan fingerprint density at radius 1 is 1.27 bits per heavy atom. The summed E-state index contributed by atoms with van der Waals surface area (Å²) in [5.74, 6) is -0.0948. The summed E-state index contributed by atoms with van der Waals surface area (Å²) in [5.41, 5.74) is 0.616. The van der Waals surface area contributed by atoms with Gasteiger partial charge in [-0.05, 0) is 56.2 Å². The fourth-order valence-corrected chi connectivity index (χ4v) is 3.31. The van der Waals surface area contributed by atoms with Crippen molar-refractivity contribution in [1.29, 1.82) is 0 Å². The van der Waals surface area contributed by atoms with Gasteiger partial charge in [-0.3, -0.25) is 9.69 Å². The fourth-order valence-electron chi connectivity index (χ4n) is 3.04. The molecule has 3 rings (SSSR count). The number of hydrogen-bond donors (Lipinski definition) is 1. The lowest BCUT2D eigenvalue weighted by Gasteiger charge is -2.18. The van der Waals surface area contributed by atoms with Gasteiger partial charge in [0.05, 0.1) is 31.4 Å². The minimum atomic E-state index is -0.651. The van der Waals surface area contributed by atoms with Gasteiger partial charge in [-0.25, -0.2) is 9.59 Å². The highest BCUT2D eigenvalue weighted by molar-refractivity contribution is 6.32. The van der Waals surface area contributed by atoms with Crippen molar-refractivity contribution in [3.63, 3.8) is 0 Å². The number of furan rings is 1. The number of ether oxygens (including phenoxy) is 3. The number of nitrogens with one attached hydrogen (secondary N) is 1. The van der Waals surface area contributed by atoms with Gasteiger partial charge >= 0.3 is 12.0 Å². The Bertz CT molecular complexity index is 1090. The molecule has 1 N–H and O–H groups in total. The van der Waals surface area contributed by atoms with Crippen LogP contribution in [0.15, 0.2) is 34.4 Å². The smallest absolute Gasteiger partial charge is 0.373 e. The van der Waals surface area contributed by atoms with Gasteiger partial charge < -0.3 is 23.9 Å². The predicted molar refractivity (Wildman–Crippen MR) is 120 cm³/mol. The largest absolute Gasteiger partial charge is 0.490 e. The van der Waals surface area contributed by atoms with Crippen LogP contribution in [-0.2, 0) is 16.1 Å². The van der Waals surface area contributed by atoms with E-state index in [1.807, 2.05) is 20.8 Å². The summed E-state index contributed by atoms with van der Waals surface area (Å²) in [4.78, 5) is 37.7. The zero-order chi connectivity index (χ0) is 24.1. The molecule has 1 aromatic carbocycles. The van der Waals surface area contributed by atoms with E-state index in [-0.39, 0.29) is 29.9 Å². The van der Waals surface area contributed by atoms with Crippen LogP contribution >= 0.6 is 11.6 Å². The van der Waals surface area contributed by atoms with Crippen LogP contribution in [0.5, 0.6) is 11.5 Å². The zero-order valence-electron chi connectivity index (χ0n) is 18.8. The van der Waals surface area contributed by atoms with Crippen LogP contribution in [0.3, 0.4) is 0 Å². The first kappa shape index (κ1) is 24.2. The van der Waals surface area contributed by atoms with Crippen molar-refractivity contribution in [1.82, 2.24) is 10.2 Å². The summed E-state index contributed by atoms with van der Waals surface area (Å²) < 4.78 is 21.5. The number of rotatable bonds is 9. The fraction of sp³-hybridized carbons (Fsp3) is 0.348. The van der Waals surface area contributed by atoms with Gasteiger partial charge in [-0.2, -0.15) is 0 Å². The number of benzene rings is 1. The van der Waals surface area contributed by atoms with E-state index >= 15 is 0 Å². The molecule has 2 heterocycles. The van der Waals surface area contributed by atoms with Gasteiger partial charge in [0.1, 0.15) is 11.5 Å². The highest BCUT2D eigenvalue weighted by atomic mass is 35.5. The molecule has 1 aliphatic heterocycles. The van der Waals surface area contributed by atoms with Crippen LogP contribution in [0.25, 0.3) is 6.08 Å². The molecule has 2 aromatic rings. The molecule has 1 aromatic heterocycles. The third kappa shape index (κ3) is 5.48. The van der Waals surface area contributed by atoms with Crippen LogP contribution < -0.4 is 14.8 Å². The molecule has 1 atom stereocenters. The van der Waals surface area contributed by atoms with Crippen molar-refractivity contribution in [3.05, 3.63) is 52.1 Å². The lowest BCUT2D eigenvalue weighted by atomic mass is 10.1. The van der Waals surface area contributed by atoms with Gasteiger partial charge in [0.2, 0.25) is 5.76 Å². The lowest BCUT2D eigenvalue weighted by molar-refractivity contribution is -0.123. The number of halogens is 1. The summed E-state index contributed by atoms with van der Waals surface area (Å²) in [6.45, 7) is 6.01. The first-order chi connectivity index (χ1) is 15.8. The first-order valence-electron chi connectivity index (χ1n) is 10.4. The third-order valence-electron chi connectivity index (χ3n) is 4.86. The normalized spacial score (nSPS) is 15.5. The van der Waals surface area contributed by atoms with Crippen LogP contribution in [0.1, 0.15) is 49.1 Å². The number of carbonyl (C=O) groups is 3. The van der Waals surface area contributed by atoms with Crippen molar-refractivity contribution in [3.8, 4) is 11.5 Å². The van der Waals surface area contributed by atoms with E-state index in [0.717, 1.165) is 11.3 Å². The van der Waals surface area contributed by atoms with E-state index in [4.69, 9.17) is 25.5 Å². The number of carbonyl (C=O) groups excluding carboxylic acids is 3. The highest BCUT2D eigenvalue weighted by Gasteiger charge is 2.34. The SMILES string of the molecule is CCOc1cc(/C=C2\NC(=O)N(Cc3ccc(C(=O)OC)o3)C2=O)cc(Cl)c1O[C@H](C)CC. The second-order valence-electron chi connectivity index (χ2n) is 7.24. The molecule has 33 heavy (non-hydrogen) atoms. The molecule has 176 valence electrons. The molecular formula is C23H25ClN2O7. The number of methoxy groups -OCH3 is 1. The molecule has 9 nitrogen and oxygen atoms in total. The number of imide groups is 1. The minimum Gasteiger partial charge on any atom is -0.490 e. The van der Waals surface area contributed by atoms with E-state index in [2.05, 4.69) is 10.1 Å². The predicted octanol–water partition coefficient (Wildman–Crippen LogP) is 4.39. The average Bonchev–Trinajstić information content (AvgIpc) is 3.36. The van der Waals surface area contributed by atoms with Crippen molar-refractivity contribution >= 4 is 35.6 Å². The molecule has 1 fully saturated rings. The Kier molecular flexibility index (Phi) is 7.65. The van der Waals surface area contributed by atoms with Crippen molar-refractivity contribution in [2.45, 2.75) is 39.8 Å². The second kappa shape index (κ2) is 10.4. The van der Waals surface area contributed by atoms with Crippen LogP contribution in [-0.4, -0.2) is 42.6 Å². The van der Waals surface area contributed by atoms with Gasteiger partial charge in [-0.1, -0.05) is 18.5 Å². The molecule has 0 bridgehead atoms. The highest BCUT2D eigenvalue weighted by Crippen LogP contribution is 2.38. The maximum atomic E-state index is 12.8. The van der Waals surface area contributed by atoms with Crippen molar-refractivity contribution < 1.29 is 33.0 Å². The maximum Gasteiger partial charge on any atom is 0.373 e. The van der Waals surface area contributed by atoms with E-state index in [0.29, 0.717) is 28.7 Å². The zero-order valence-corrected chi connectivity index (χ0v) is 19.5. The minimum absolute atomic E-state index is 0.0203. The van der Waals surface area contributed by atoms with E-state index in [1.54, 1.807) is 12.1 Å². The van der Waals surface area contributed by atoms with E-state index in [9.17, 15) is 14.4 Å². The Balaban J connectivity index is 1.83. The monoisotopic (exact) mass is 476 g/mol. The van der Waals surface area contributed by atoms with Crippen LogP contribution in [0, 0.1) is 0 Å². The molecule has 0 unspecified atom stereocenters. The molecule has 3 amide bonds. The average molecular weight is 477 g/mol. The summed E-state index contributed by atoms with van der Waals surface area (Å²) >= 11 is 6.43. The van der Waals surface area contributed by atoms with Crippen molar-refractivity contribution in [2.24, 2.45) is 0 Å². The molecular weight excluding hydrogens is 452 g/mol. The second-order valence-corrected chi connectivity index (χ2v) is 7.64. The molecule has 10 heteroatoms. The number of esters is 1. The summed E-state index contributed by atoms with van der Waals surface area (Å²) in [5, 5.41) is 2.87. The Labute approximate surface area is 196 Å². The van der Waals surface area contributed by atoms with Crippen LogP contribution in [0.2, 0.25) is 5.02 Å². The number of amides is 3. The third-order valence-corrected chi connectivity index (χ3v) is 5.14. The lowest BCUT2D eigenvalue weighted by Crippen LogP contribution is -2.30. The number of nitrogens with zero attached hydrogens (tertiary/aromatic N) is 1. The topological polar surface area (TPSA) is 107 Å². The summed E-state index contributed by atoms with van der Waals surface area (Å²) in [6, 6.07) is 5.62. The van der Waals surface area contributed by atoms with Gasteiger partial charge in [0.15, 0.2) is 11.5 Å². The van der Waals surface area contributed by atoms with Gasteiger partial charge in [0.25, 0.3) is 5.91 Å². The Morgan fingerprint density at radius 3 is 2.70 bits per heavy atom. The Hall–Kier alpha value is -3.46. The molecule has 0 aliphatic carbocycles. The standard InChI is InChI=1S/C23H25ClN2O7/c1-5-13(3)32-20-16(24)9-14(11-19(20)31-6-2)10-17-21(27)26(23(29)25-17)12-15-7-8-18(33-15)22(28)30-4/h7-11,13H,5-6,12H2,1-4H3,(H,25,29)/b17-10-/t13-/m1/s1. The van der Waals surface area contributed by atoms with Gasteiger partial charge in [-0.15, -0.1) is 0 Å². The Morgan fingerprint density at radius 2 is 2.03 bits per heavy atom. The first-order valence-corrected chi connectivity index (χ1v) is 10.8. The number of hydrogen-bond acceptors (Lipinski definition) is 7. The molecule has 0 saturated carbocycles. The maximum absolute atomic E-state index is 12.8. The molecule has 1 saturated heterocycles.